The molecule has 1 aliphatic rings. The van der Waals surface area contributed by atoms with E-state index in [0.29, 0.717) is 0 Å². The van der Waals surface area contributed by atoms with Crippen molar-refractivity contribution in [1.82, 2.24) is 4.90 Å². The van der Waals surface area contributed by atoms with Gasteiger partial charge in [0, 0.05) is 20.5 Å². The van der Waals surface area contributed by atoms with Crippen LogP contribution in [0.4, 0.5) is 0 Å². The number of hydrogen-bond donors (Lipinski definition) is 0. The van der Waals surface area contributed by atoms with E-state index in [1.165, 1.54) is 11.3 Å². The predicted molar refractivity (Wildman–Crippen MR) is 71.0 cm³/mol. The van der Waals surface area contributed by atoms with Crippen molar-refractivity contribution in [3.05, 3.63) is 65.8 Å². The minimum Gasteiger partial charge on any atom is -0.463 e. The van der Waals surface area contributed by atoms with Crippen molar-refractivity contribution >= 4 is 6.08 Å². The smallest absolute Gasteiger partial charge is 0.145 e. The molecular weight excluding hydrogens is 210 g/mol. The highest BCUT2D eigenvalue weighted by Gasteiger charge is 2.09. The third-order valence-corrected chi connectivity index (χ3v) is 2.65. The number of rotatable bonds is 3. The Labute approximate surface area is 103 Å². The maximum atomic E-state index is 5.54. The molecule has 0 spiro atoms. The third kappa shape index (κ3) is 3.00. The normalized spacial score (nSPS) is 15.2. The first-order chi connectivity index (χ1) is 8.27. The van der Waals surface area contributed by atoms with Gasteiger partial charge in [0.25, 0.3) is 0 Å². The summed E-state index contributed by atoms with van der Waals surface area (Å²) in [6.45, 7) is 0. The van der Waals surface area contributed by atoms with E-state index in [1.807, 2.05) is 44.4 Å². The van der Waals surface area contributed by atoms with Gasteiger partial charge in [-0.3, -0.25) is 0 Å². The van der Waals surface area contributed by atoms with E-state index in [4.69, 9.17) is 4.74 Å². The molecule has 1 aliphatic heterocycles. The van der Waals surface area contributed by atoms with Crippen LogP contribution < -0.4 is 0 Å². The van der Waals surface area contributed by atoms with Gasteiger partial charge in [-0.05, 0) is 17.7 Å². The molecule has 0 N–H and O–H groups in total. The highest BCUT2D eigenvalue weighted by Crippen LogP contribution is 2.20. The average molecular weight is 227 g/mol. The highest BCUT2D eigenvalue weighted by atomic mass is 16.5. The number of benzene rings is 1. The third-order valence-electron chi connectivity index (χ3n) is 2.65. The van der Waals surface area contributed by atoms with Crippen LogP contribution in [0.25, 0.3) is 6.08 Å². The second-order valence-electron chi connectivity index (χ2n) is 4.14. The first-order valence-electron chi connectivity index (χ1n) is 5.72. The largest absolute Gasteiger partial charge is 0.463 e. The Kier molecular flexibility index (Phi) is 3.66. The van der Waals surface area contributed by atoms with Gasteiger partial charge in [0.15, 0.2) is 0 Å². The van der Waals surface area contributed by atoms with Crippen LogP contribution in [-0.4, -0.2) is 19.0 Å². The quantitative estimate of drug-likeness (QED) is 0.784. The second-order valence-corrected chi connectivity index (χ2v) is 4.14. The van der Waals surface area contributed by atoms with Crippen LogP contribution >= 0.6 is 0 Å². The molecule has 0 aromatic heterocycles. The molecule has 0 aliphatic carbocycles. The van der Waals surface area contributed by atoms with E-state index in [1.54, 1.807) is 6.26 Å². The Morgan fingerprint density at radius 1 is 1.12 bits per heavy atom. The van der Waals surface area contributed by atoms with Crippen LogP contribution in [0.3, 0.4) is 0 Å². The fourth-order valence-electron chi connectivity index (χ4n) is 1.72. The fraction of sp³-hybridized carbons (Fsp3) is 0.200. The summed E-state index contributed by atoms with van der Waals surface area (Å²) in [4.78, 5) is 2.09. The Morgan fingerprint density at radius 3 is 2.59 bits per heavy atom. The number of ether oxygens (including phenoxy) is 1. The van der Waals surface area contributed by atoms with Gasteiger partial charge in [0.1, 0.15) is 5.76 Å². The zero-order chi connectivity index (χ0) is 12.1. The summed E-state index contributed by atoms with van der Waals surface area (Å²) < 4.78 is 5.54. The van der Waals surface area contributed by atoms with Crippen molar-refractivity contribution in [3.63, 3.8) is 0 Å². The standard InChI is InChI=1S/C15H17NO/c1-16(2)14-9-6-12-17-15(14)11-10-13-7-4-3-5-8-13/h3-8,10-12H,9H2,1-2H3. The Morgan fingerprint density at radius 2 is 1.88 bits per heavy atom. The molecule has 0 radical (unpaired) electrons. The Bertz CT molecular complexity index is 455. The summed E-state index contributed by atoms with van der Waals surface area (Å²) in [7, 11) is 4.07. The van der Waals surface area contributed by atoms with Crippen LogP contribution in [0.15, 0.2) is 60.2 Å². The van der Waals surface area contributed by atoms with Crippen LogP contribution in [0.2, 0.25) is 0 Å². The maximum absolute atomic E-state index is 5.54. The van der Waals surface area contributed by atoms with E-state index in [-0.39, 0.29) is 0 Å². The first-order valence-corrected chi connectivity index (χ1v) is 5.72. The van der Waals surface area contributed by atoms with Crippen molar-refractivity contribution in [1.29, 1.82) is 0 Å². The molecule has 1 heterocycles. The van der Waals surface area contributed by atoms with Crippen LogP contribution in [-0.2, 0) is 4.74 Å². The number of nitrogens with zero attached hydrogens (tertiary/aromatic N) is 1. The van der Waals surface area contributed by atoms with Crippen LogP contribution in [0, 0.1) is 0 Å². The van der Waals surface area contributed by atoms with Gasteiger partial charge in [-0.25, -0.2) is 0 Å². The van der Waals surface area contributed by atoms with Gasteiger partial charge in [-0.15, -0.1) is 0 Å². The van der Waals surface area contributed by atoms with Crippen LogP contribution in [0.1, 0.15) is 12.0 Å². The molecule has 0 bridgehead atoms. The topological polar surface area (TPSA) is 12.5 Å². The molecule has 2 nitrogen and oxygen atoms in total. The van der Waals surface area contributed by atoms with Crippen molar-refractivity contribution in [2.24, 2.45) is 0 Å². The molecule has 0 amide bonds. The van der Waals surface area contributed by atoms with E-state index in [2.05, 4.69) is 23.1 Å². The molecule has 0 fully saturated rings. The van der Waals surface area contributed by atoms with Crippen molar-refractivity contribution < 1.29 is 4.74 Å². The minimum absolute atomic E-state index is 0.918. The minimum atomic E-state index is 0.918. The lowest BCUT2D eigenvalue weighted by Crippen LogP contribution is -2.14. The molecule has 0 unspecified atom stereocenters. The second kappa shape index (κ2) is 5.39. The molecular formula is C15H17NO. The SMILES string of the molecule is CN(C)C1=C(C=Cc2ccccc2)OC=CC1. The van der Waals surface area contributed by atoms with Gasteiger partial charge < -0.3 is 9.64 Å². The zero-order valence-electron chi connectivity index (χ0n) is 10.3. The van der Waals surface area contributed by atoms with Crippen molar-refractivity contribution in [2.45, 2.75) is 6.42 Å². The summed E-state index contributed by atoms with van der Waals surface area (Å²) in [5.41, 5.74) is 2.37. The lowest BCUT2D eigenvalue weighted by atomic mass is 10.1. The zero-order valence-corrected chi connectivity index (χ0v) is 10.3. The molecule has 0 atom stereocenters. The summed E-state index contributed by atoms with van der Waals surface area (Å²) in [6, 6.07) is 10.2. The Hall–Kier alpha value is -1.96. The number of hydrogen-bond acceptors (Lipinski definition) is 2. The first kappa shape index (κ1) is 11.5. The van der Waals surface area contributed by atoms with E-state index in [0.717, 1.165) is 12.2 Å². The van der Waals surface area contributed by atoms with Gasteiger partial charge in [-0.2, -0.15) is 0 Å². The molecule has 0 saturated heterocycles. The lowest BCUT2D eigenvalue weighted by molar-refractivity contribution is 0.324. The number of allylic oxidation sites excluding steroid dienone is 2. The Balaban J connectivity index is 2.19. The summed E-state index contributed by atoms with van der Waals surface area (Å²) in [5, 5.41) is 0. The molecule has 17 heavy (non-hydrogen) atoms. The van der Waals surface area contributed by atoms with Gasteiger partial charge in [0.2, 0.25) is 0 Å². The molecule has 1 aromatic carbocycles. The van der Waals surface area contributed by atoms with Crippen molar-refractivity contribution in [3.8, 4) is 0 Å². The molecule has 0 saturated carbocycles. The summed E-state index contributed by atoms with van der Waals surface area (Å²) in [5.74, 6) is 0.918. The molecule has 2 heteroatoms. The van der Waals surface area contributed by atoms with Gasteiger partial charge in [-0.1, -0.05) is 36.4 Å². The fourth-order valence-corrected chi connectivity index (χ4v) is 1.72. The molecule has 1 aromatic rings. The molecule has 2 rings (SSSR count). The summed E-state index contributed by atoms with van der Waals surface area (Å²) >= 11 is 0. The average Bonchev–Trinajstić information content (AvgIpc) is 2.38. The van der Waals surface area contributed by atoms with E-state index < -0.39 is 0 Å². The van der Waals surface area contributed by atoms with Crippen molar-refractivity contribution in [2.75, 3.05) is 14.1 Å². The van der Waals surface area contributed by atoms with Crippen LogP contribution in [0.5, 0.6) is 0 Å². The predicted octanol–water partition coefficient (Wildman–Crippen LogP) is 3.41. The summed E-state index contributed by atoms with van der Waals surface area (Å²) in [6.07, 6.45) is 8.78. The highest BCUT2D eigenvalue weighted by molar-refractivity contribution is 5.52. The lowest BCUT2D eigenvalue weighted by Gasteiger charge is -2.21. The maximum Gasteiger partial charge on any atom is 0.145 e. The van der Waals surface area contributed by atoms with E-state index in [9.17, 15) is 0 Å². The van der Waals surface area contributed by atoms with E-state index >= 15 is 0 Å². The monoisotopic (exact) mass is 227 g/mol. The van der Waals surface area contributed by atoms with Gasteiger partial charge in [0.05, 0.1) is 12.0 Å². The van der Waals surface area contributed by atoms with Gasteiger partial charge >= 0.3 is 0 Å². The molecule has 88 valence electrons.